The summed E-state index contributed by atoms with van der Waals surface area (Å²) in [4.78, 5) is 18.9. The molecule has 2 aliphatic heterocycles. The predicted molar refractivity (Wildman–Crippen MR) is 87.2 cm³/mol. The highest BCUT2D eigenvalue weighted by atomic mass is 16.5. The fourth-order valence-electron chi connectivity index (χ4n) is 4.15. The zero-order valence-electron chi connectivity index (χ0n) is 14.3. The summed E-state index contributed by atoms with van der Waals surface area (Å²) >= 11 is 0. The molecule has 6 nitrogen and oxygen atoms in total. The third-order valence-corrected chi connectivity index (χ3v) is 5.60. The first kappa shape index (κ1) is 15.8. The van der Waals surface area contributed by atoms with Gasteiger partial charge in [-0.15, -0.1) is 0 Å². The van der Waals surface area contributed by atoms with Gasteiger partial charge in [0.1, 0.15) is 6.10 Å². The zero-order chi connectivity index (χ0) is 16.6. The lowest BCUT2D eigenvalue weighted by molar-refractivity contribution is -0.134. The molecule has 1 spiro atoms. The molecule has 130 valence electrons. The van der Waals surface area contributed by atoms with Crippen molar-refractivity contribution < 1.29 is 14.1 Å². The van der Waals surface area contributed by atoms with Crippen LogP contribution in [-0.2, 0) is 9.53 Å². The fraction of sp³-hybridized carbons (Fsp3) is 0.722. The number of carbonyl (C=O) groups excluding carboxylic acids is 1. The molecular weight excluding hydrogens is 306 g/mol. The van der Waals surface area contributed by atoms with E-state index in [-0.39, 0.29) is 17.6 Å². The maximum Gasteiger partial charge on any atom is 0.255 e. The molecule has 0 saturated carbocycles. The molecule has 1 atom stereocenters. The van der Waals surface area contributed by atoms with E-state index in [1.165, 1.54) is 6.42 Å². The number of aromatic nitrogens is 2. The minimum absolute atomic E-state index is 0.0884. The van der Waals surface area contributed by atoms with Crippen molar-refractivity contribution in [1.29, 1.82) is 0 Å². The van der Waals surface area contributed by atoms with Crippen LogP contribution in [-0.4, -0.2) is 39.6 Å². The Bertz CT molecular complexity index is 644. The van der Waals surface area contributed by atoms with Crippen LogP contribution >= 0.6 is 0 Å². The highest BCUT2D eigenvalue weighted by Gasteiger charge is 2.45. The van der Waals surface area contributed by atoms with Gasteiger partial charge < -0.3 is 14.2 Å². The molecule has 0 radical (unpaired) electrons. The summed E-state index contributed by atoms with van der Waals surface area (Å²) in [6.45, 7) is 3.39. The van der Waals surface area contributed by atoms with E-state index in [2.05, 4.69) is 16.2 Å². The number of amides is 1. The average molecular weight is 331 g/mol. The first-order chi connectivity index (χ1) is 11.7. The van der Waals surface area contributed by atoms with Gasteiger partial charge >= 0.3 is 0 Å². The Morgan fingerprint density at radius 3 is 2.79 bits per heavy atom. The van der Waals surface area contributed by atoms with Crippen molar-refractivity contribution in [2.24, 2.45) is 0 Å². The predicted octanol–water partition coefficient (Wildman–Crippen LogP) is 3.09. The third kappa shape index (κ3) is 2.99. The van der Waals surface area contributed by atoms with E-state index in [0.717, 1.165) is 63.6 Å². The van der Waals surface area contributed by atoms with Crippen LogP contribution < -0.4 is 0 Å². The Morgan fingerprint density at radius 2 is 2.12 bits per heavy atom. The highest BCUT2D eigenvalue weighted by molar-refractivity contribution is 5.93. The number of carbonyl (C=O) groups is 1. The summed E-state index contributed by atoms with van der Waals surface area (Å²) in [6, 6.07) is 0. The second-order valence-corrected chi connectivity index (χ2v) is 7.28. The lowest BCUT2D eigenvalue weighted by Gasteiger charge is -2.39. The smallest absolute Gasteiger partial charge is 0.255 e. The van der Waals surface area contributed by atoms with Crippen LogP contribution in [0.5, 0.6) is 0 Å². The summed E-state index contributed by atoms with van der Waals surface area (Å²) in [5, 5.41) is 3.86. The van der Waals surface area contributed by atoms with Gasteiger partial charge in [0.25, 0.3) is 5.89 Å². The molecule has 1 aromatic rings. The maximum atomic E-state index is 12.6. The number of nitrogens with zero attached hydrogens (tertiary/aromatic N) is 3. The van der Waals surface area contributed by atoms with Gasteiger partial charge in [0.15, 0.2) is 5.82 Å². The number of ether oxygens (including phenoxy) is 1. The molecule has 0 aromatic carbocycles. The first-order valence-corrected chi connectivity index (χ1v) is 9.12. The summed E-state index contributed by atoms with van der Waals surface area (Å²) < 4.78 is 11.6. The molecule has 4 rings (SSSR count). The lowest BCUT2D eigenvalue weighted by Crippen LogP contribution is -2.47. The third-order valence-electron chi connectivity index (χ3n) is 5.60. The van der Waals surface area contributed by atoms with E-state index in [1.54, 1.807) is 0 Å². The molecule has 0 bridgehead atoms. The van der Waals surface area contributed by atoms with Crippen molar-refractivity contribution in [3.8, 4) is 0 Å². The summed E-state index contributed by atoms with van der Waals surface area (Å²) in [5.41, 5.74) is 0.897. The van der Waals surface area contributed by atoms with Crippen molar-refractivity contribution >= 4 is 5.91 Å². The second kappa shape index (κ2) is 6.31. The van der Waals surface area contributed by atoms with E-state index in [1.807, 2.05) is 11.8 Å². The number of allylic oxidation sites excluding steroid dienone is 1. The Hall–Kier alpha value is -1.69. The Labute approximate surface area is 142 Å². The van der Waals surface area contributed by atoms with Crippen molar-refractivity contribution in [2.75, 3.05) is 13.1 Å². The number of piperidine rings is 1. The number of hydrogen-bond acceptors (Lipinski definition) is 5. The molecule has 2 saturated heterocycles. The van der Waals surface area contributed by atoms with Gasteiger partial charge in [-0.3, -0.25) is 4.79 Å². The first-order valence-electron chi connectivity index (χ1n) is 9.12. The Balaban J connectivity index is 1.36. The normalized spacial score (nSPS) is 26.6. The van der Waals surface area contributed by atoms with Gasteiger partial charge in [-0.05, 0) is 58.3 Å². The standard InChI is InChI=1S/C18H25N3O3/c1-13-19-16(24-20-13)15-7-8-18(23-15)9-11-21(12-10-18)17(22)14-5-3-2-4-6-14/h5,15H,2-4,6-12H2,1H3/t15-/m0/s1. The largest absolute Gasteiger partial charge is 0.362 e. The van der Waals surface area contributed by atoms with Gasteiger partial charge in [-0.2, -0.15) is 4.98 Å². The van der Waals surface area contributed by atoms with E-state index >= 15 is 0 Å². The quantitative estimate of drug-likeness (QED) is 0.833. The van der Waals surface area contributed by atoms with Crippen LogP contribution in [0.15, 0.2) is 16.2 Å². The van der Waals surface area contributed by atoms with Crippen molar-refractivity contribution in [2.45, 2.75) is 70.0 Å². The van der Waals surface area contributed by atoms with E-state index in [9.17, 15) is 4.79 Å². The minimum Gasteiger partial charge on any atom is -0.362 e. The van der Waals surface area contributed by atoms with Crippen molar-refractivity contribution in [3.63, 3.8) is 0 Å². The van der Waals surface area contributed by atoms with Gasteiger partial charge in [-0.25, -0.2) is 0 Å². The Kier molecular flexibility index (Phi) is 4.16. The van der Waals surface area contributed by atoms with E-state index < -0.39 is 0 Å². The van der Waals surface area contributed by atoms with Crippen LogP contribution in [0.25, 0.3) is 0 Å². The number of likely N-dealkylation sites (tertiary alicyclic amines) is 1. The van der Waals surface area contributed by atoms with Gasteiger partial charge in [0.2, 0.25) is 5.91 Å². The molecular formula is C18H25N3O3. The molecule has 1 aromatic heterocycles. The monoisotopic (exact) mass is 331 g/mol. The van der Waals surface area contributed by atoms with Crippen LogP contribution in [0.1, 0.15) is 69.2 Å². The van der Waals surface area contributed by atoms with E-state index in [0.29, 0.717) is 11.7 Å². The van der Waals surface area contributed by atoms with Crippen LogP contribution in [0.4, 0.5) is 0 Å². The Morgan fingerprint density at radius 1 is 1.29 bits per heavy atom. The molecule has 0 N–H and O–H groups in total. The second-order valence-electron chi connectivity index (χ2n) is 7.28. The SMILES string of the molecule is Cc1noc([C@@H]2CCC3(CCN(C(=O)C4=CCCCC4)CC3)O2)n1. The molecule has 3 heterocycles. The summed E-state index contributed by atoms with van der Waals surface area (Å²) in [5.74, 6) is 1.48. The van der Waals surface area contributed by atoms with Gasteiger partial charge in [-0.1, -0.05) is 11.2 Å². The van der Waals surface area contributed by atoms with Gasteiger partial charge in [0, 0.05) is 18.7 Å². The average Bonchev–Trinajstić information content (AvgIpc) is 3.23. The van der Waals surface area contributed by atoms with Crippen LogP contribution in [0.2, 0.25) is 0 Å². The van der Waals surface area contributed by atoms with Crippen LogP contribution in [0, 0.1) is 6.92 Å². The summed E-state index contributed by atoms with van der Waals surface area (Å²) in [6.07, 6.45) is 10.1. The molecule has 1 amide bonds. The minimum atomic E-state index is -0.120. The van der Waals surface area contributed by atoms with Crippen LogP contribution in [0.3, 0.4) is 0 Å². The molecule has 2 fully saturated rings. The number of rotatable bonds is 2. The lowest BCUT2D eigenvalue weighted by atomic mass is 9.88. The molecule has 1 aliphatic carbocycles. The number of hydrogen-bond donors (Lipinski definition) is 0. The van der Waals surface area contributed by atoms with E-state index in [4.69, 9.17) is 9.26 Å². The molecule has 24 heavy (non-hydrogen) atoms. The zero-order valence-corrected chi connectivity index (χ0v) is 14.3. The topological polar surface area (TPSA) is 68.5 Å². The highest BCUT2D eigenvalue weighted by Crippen LogP contribution is 2.44. The molecule has 6 heteroatoms. The summed E-state index contributed by atoms with van der Waals surface area (Å²) in [7, 11) is 0. The van der Waals surface area contributed by atoms with Crippen molar-refractivity contribution in [1.82, 2.24) is 15.0 Å². The van der Waals surface area contributed by atoms with Crippen molar-refractivity contribution in [3.05, 3.63) is 23.4 Å². The maximum absolute atomic E-state index is 12.6. The van der Waals surface area contributed by atoms with Gasteiger partial charge in [0.05, 0.1) is 5.60 Å². The molecule has 0 unspecified atom stereocenters. The number of aryl methyl sites for hydroxylation is 1. The molecule has 3 aliphatic rings. The fourth-order valence-corrected chi connectivity index (χ4v) is 4.15.